The Labute approximate surface area is 103 Å². The van der Waals surface area contributed by atoms with Gasteiger partial charge >= 0.3 is 0 Å². The molecule has 1 aromatic rings. The van der Waals surface area contributed by atoms with Crippen molar-refractivity contribution in [3.8, 4) is 0 Å². The van der Waals surface area contributed by atoms with Gasteiger partial charge in [0, 0.05) is 24.1 Å². The summed E-state index contributed by atoms with van der Waals surface area (Å²) in [6.07, 6.45) is 3.94. The Hall–Kier alpha value is -0.880. The SMILES string of the molecule is CCNCc1cnn(CCS(C)(=O)=O)c1CC. The minimum Gasteiger partial charge on any atom is -0.313 e. The predicted molar refractivity (Wildman–Crippen MR) is 68.7 cm³/mol. The maximum atomic E-state index is 11.1. The van der Waals surface area contributed by atoms with Crippen LogP contribution in [0.15, 0.2) is 6.20 Å². The van der Waals surface area contributed by atoms with Crippen LogP contribution >= 0.6 is 0 Å². The lowest BCUT2D eigenvalue weighted by atomic mass is 10.2. The first kappa shape index (κ1) is 14.2. The zero-order valence-electron chi connectivity index (χ0n) is 10.7. The Balaban J connectivity index is 2.75. The molecule has 6 heteroatoms. The van der Waals surface area contributed by atoms with Crippen molar-refractivity contribution < 1.29 is 8.42 Å². The van der Waals surface area contributed by atoms with Gasteiger partial charge in [0.2, 0.25) is 0 Å². The van der Waals surface area contributed by atoms with Crippen molar-refractivity contribution in [3.63, 3.8) is 0 Å². The molecule has 0 amide bonds. The van der Waals surface area contributed by atoms with E-state index in [1.54, 1.807) is 4.68 Å². The van der Waals surface area contributed by atoms with Crippen LogP contribution in [0.25, 0.3) is 0 Å². The lowest BCUT2D eigenvalue weighted by Gasteiger charge is -2.07. The average Bonchev–Trinajstić information content (AvgIpc) is 2.64. The van der Waals surface area contributed by atoms with E-state index in [1.165, 1.54) is 6.26 Å². The largest absolute Gasteiger partial charge is 0.313 e. The number of nitrogens with zero attached hydrogens (tertiary/aromatic N) is 2. The van der Waals surface area contributed by atoms with Crippen LogP contribution in [0.2, 0.25) is 0 Å². The summed E-state index contributed by atoms with van der Waals surface area (Å²) >= 11 is 0. The third-order valence-corrected chi connectivity index (χ3v) is 3.53. The zero-order valence-corrected chi connectivity index (χ0v) is 11.5. The van der Waals surface area contributed by atoms with Gasteiger partial charge in [-0.05, 0) is 13.0 Å². The highest BCUT2D eigenvalue weighted by Gasteiger charge is 2.10. The maximum absolute atomic E-state index is 11.1. The van der Waals surface area contributed by atoms with Crippen LogP contribution < -0.4 is 5.32 Å². The van der Waals surface area contributed by atoms with Crippen molar-refractivity contribution in [2.75, 3.05) is 18.6 Å². The first-order chi connectivity index (χ1) is 7.98. The van der Waals surface area contributed by atoms with Crippen LogP contribution in [0.3, 0.4) is 0 Å². The maximum Gasteiger partial charge on any atom is 0.149 e. The van der Waals surface area contributed by atoms with Gasteiger partial charge in [0.1, 0.15) is 9.84 Å². The molecule has 1 aromatic heterocycles. The summed E-state index contributed by atoms with van der Waals surface area (Å²) in [5.74, 6) is 0.141. The summed E-state index contributed by atoms with van der Waals surface area (Å²) in [7, 11) is -2.93. The van der Waals surface area contributed by atoms with Crippen molar-refractivity contribution in [1.29, 1.82) is 0 Å². The van der Waals surface area contributed by atoms with Crippen molar-refractivity contribution in [2.45, 2.75) is 33.4 Å². The molecule has 5 nitrogen and oxygen atoms in total. The standard InChI is InChI=1S/C11H21N3O2S/c1-4-11-10(8-12-5-2)9-13-14(11)6-7-17(3,15)16/h9,12H,4-8H2,1-3H3. The number of aromatic nitrogens is 2. The molecule has 0 radical (unpaired) electrons. The second-order valence-corrected chi connectivity index (χ2v) is 6.36. The lowest BCUT2D eigenvalue weighted by molar-refractivity contribution is 0.578. The Morgan fingerprint density at radius 1 is 1.41 bits per heavy atom. The Morgan fingerprint density at radius 2 is 2.12 bits per heavy atom. The van der Waals surface area contributed by atoms with Crippen LogP contribution in [0.5, 0.6) is 0 Å². The van der Waals surface area contributed by atoms with Gasteiger partial charge in [0.25, 0.3) is 0 Å². The van der Waals surface area contributed by atoms with E-state index in [1.807, 2.05) is 6.20 Å². The smallest absolute Gasteiger partial charge is 0.149 e. The third-order valence-electron chi connectivity index (χ3n) is 2.61. The van der Waals surface area contributed by atoms with E-state index >= 15 is 0 Å². The summed E-state index contributed by atoms with van der Waals surface area (Å²) < 4.78 is 24.1. The van der Waals surface area contributed by atoms with Gasteiger partial charge in [0.15, 0.2) is 0 Å². The van der Waals surface area contributed by atoms with Gasteiger partial charge in [-0.3, -0.25) is 4.68 Å². The van der Waals surface area contributed by atoms with Crippen molar-refractivity contribution in [3.05, 3.63) is 17.5 Å². The fraction of sp³-hybridized carbons (Fsp3) is 0.727. The topological polar surface area (TPSA) is 64.0 Å². The molecule has 17 heavy (non-hydrogen) atoms. The molecule has 0 aliphatic heterocycles. The van der Waals surface area contributed by atoms with Gasteiger partial charge in [-0.1, -0.05) is 13.8 Å². The summed E-state index contributed by atoms with van der Waals surface area (Å²) in [4.78, 5) is 0. The number of hydrogen-bond donors (Lipinski definition) is 1. The molecule has 0 saturated carbocycles. The molecule has 0 spiro atoms. The van der Waals surface area contributed by atoms with Gasteiger partial charge in [-0.2, -0.15) is 5.10 Å². The molecule has 0 atom stereocenters. The van der Waals surface area contributed by atoms with E-state index in [9.17, 15) is 8.42 Å². The van der Waals surface area contributed by atoms with Gasteiger partial charge in [-0.15, -0.1) is 0 Å². The number of sulfone groups is 1. The van der Waals surface area contributed by atoms with E-state index in [0.29, 0.717) is 6.54 Å². The van der Waals surface area contributed by atoms with Gasteiger partial charge in [-0.25, -0.2) is 8.42 Å². The van der Waals surface area contributed by atoms with Crippen LogP contribution in [0.4, 0.5) is 0 Å². The molecule has 1 rings (SSSR count). The van der Waals surface area contributed by atoms with Crippen LogP contribution in [0.1, 0.15) is 25.1 Å². The lowest BCUT2D eigenvalue weighted by Crippen LogP contribution is -2.16. The highest BCUT2D eigenvalue weighted by molar-refractivity contribution is 7.90. The molecule has 0 fully saturated rings. The van der Waals surface area contributed by atoms with Crippen LogP contribution in [0, 0.1) is 0 Å². The van der Waals surface area contributed by atoms with E-state index in [4.69, 9.17) is 0 Å². The Bertz CT molecular complexity index is 451. The fourth-order valence-corrected chi connectivity index (χ4v) is 2.22. The Kier molecular flexibility index (Phi) is 5.14. The normalized spacial score (nSPS) is 11.9. The van der Waals surface area contributed by atoms with Gasteiger partial charge in [0.05, 0.1) is 18.5 Å². The number of nitrogens with one attached hydrogen (secondary N) is 1. The molecule has 1 heterocycles. The Morgan fingerprint density at radius 3 is 2.65 bits per heavy atom. The van der Waals surface area contributed by atoms with Crippen LogP contribution in [-0.2, 0) is 29.3 Å². The van der Waals surface area contributed by atoms with E-state index in [0.717, 1.165) is 30.8 Å². The highest BCUT2D eigenvalue weighted by Crippen LogP contribution is 2.09. The van der Waals surface area contributed by atoms with Crippen LogP contribution in [-0.4, -0.2) is 36.8 Å². The second-order valence-electron chi connectivity index (χ2n) is 4.10. The average molecular weight is 259 g/mol. The zero-order chi connectivity index (χ0) is 12.9. The summed E-state index contributed by atoms with van der Waals surface area (Å²) in [6, 6.07) is 0. The predicted octanol–water partition coefficient (Wildman–Crippen LogP) is 0.600. The molecule has 0 aliphatic rings. The summed E-state index contributed by atoms with van der Waals surface area (Å²) in [5, 5.41) is 7.51. The molecule has 0 unspecified atom stereocenters. The quantitative estimate of drug-likeness (QED) is 0.779. The summed E-state index contributed by atoms with van der Waals surface area (Å²) in [5.41, 5.74) is 2.28. The van der Waals surface area contributed by atoms with Crippen molar-refractivity contribution >= 4 is 9.84 Å². The first-order valence-electron chi connectivity index (χ1n) is 5.90. The molecule has 1 N–H and O–H groups in total. The second kappa shape index (κ2) is 6.16. The third kappa shape index (κ3) is 4.47. The van der Waals surface area contributed by atoms with E-state index in [2.05, 4.69) is 24.3 Å². The summed E-state index contributed by atoms with van der Waals surface area (Å²) in [6.45, 7) is 6.26. The van der Waals surface area contributed by atoms with E-state index < -0.39 is 9.84 Å². The minimum atomic E-state index is -2.93. The molecule has 0 bridgehead atoms. The molecular formula is C11H21N3O2S. The number of hydrogen-bond acceptors (Lipinski definition) is 4. The minimum absolute atomic E-state index is 0.141. The number of rotatable bonds is 7. The molecule has 0 aliphatic carbocycles. The number of aryl methyl sites for hydroxylation is 1. The first-order valence-corrected chi connectivity index (χ1v) is 7.96. The van der Waals surface area contributed by atoms with Crippen molar-refractivity contribution in [1.82, 2.24) is 15.1 Å². The molecule has 98 valence electrons. The van der Waals surface area contributed by atoms with E-state index in [-0.39, 0.29) is 5.75 Å². The highest BCUT2D eigenvalue weighted by atomic mass is 32.2. The monoisotopic (exact) mass is 259 g/mol. The van der Waals surface area contributed by atoms with Crippen molar-refractivity contribution in [2.24, 2.45) is 0 Å². The molecule has 0 saturated heterocycles. The van der Waals surface area contributed by atoms with Gasteiger partial charge < -0.3 is 5.32 Å². The molecular weight excluding hydrogens is 238 g/mol. The fourth-order valence-electron chi connectivity index (χ4n) is 1.71. The molecule has 0 aromatic carbocycles.